The summed E-state index contributed by atoms with van der Waals surface area (Å²) in [6, 6.07) is 0. The number of nitrogens with zero attached hydrogens (tertiary/aromatic N) is 1. The van der Waals surface area contributed by atoms with Crippen molar-refractivity contribution in [2.24, 2.45) is 11.8 Å². The fourth-order valence-corrected chi connectivity index (χ4v) is 2.09. The van der Waals surface area contributed by atoms with Crippen molar-refractivity contribution < 1.29 is 9.53 Å². The van der Waals surface area contributed by atoms with Crippen LogP contribution in [0.2, 0.25) is 0 Å². The summed E-state index contributed by atoms with van der Waals surface area (Å²) in [5.74, 6) is 0.765. The number of piperidine rings is 1. The van der Waals surface area contributed by atoms with Gasteiger partial charge in [-0.05, 0) is 6.54 Å². The number of ether oxygens (including phenoxy) is 1. The van der Waals surface area contributed by atoms with Crippen molar-refractivity contribution in [2.45, 2.75) is 6.92 Å². The minimum absolute atomic E-state index is 0.164. The van der Waals surface area contributed by atoms with Crippen LogP contribution in [-0.4, -0.2) is 43.5 Å². The lowest BCUT2D eigenvalue weighted by atomic mass is 9.86. The van der Waals surface area contributed by atoms with Crippen molar-refractivity contribution in [1.29, 1.82) is 0 Å². The van der Waals surface area contributed by atoms with E-state index in [2.05, 4.69) is 11.8 Å². The second kappa shape index (κ2) is 3.15. The van der Waals surface area contributed by atoms with Crippen LogP contribution in [0.4, 0.5) is 0 Å². The van der Waals surface area contributed by atoms with Crippen molar-refractivity contribution >= 4 is 5.78 Å². The van der Waals surface area contributed by atoms with Gasteiger partial charge in [-0.25, -0.2) is 0 Å². The zero-order chi connectivity index (χ0) is 8.55. The highest BCUT2D eigenvalue weighted by molar-refractivity contribution is 5.85. The lowest BCUT2D eigenvalue weighted by molar-refractivity contribution is -0.144. The molecule has 2 atom stereocenters. The highest BCUT2D eigenvalue weighted by atomic mass is 16.5. The Morgan fingerprint density at radius 1 is 1.42 bits per heavy atom. The van der Waals surface area contributed by atoms with Crippen LogP contribution < -0.4 is 0 Å². The van der Waals surface area contributed by atoms with Crippen molar-refractivity contribution in [1.82, 2.24) is 4.90 Å². The number of carbonyl (C=O) groups is 1. The van der Waals surface area contributed by atoms with Crippen molar-refractivity contribution in [3.05, 3.63) is 0 Å². The van der Waals surface area contributed by atoms with Crippen molar-refractivity contribution in [2.75, 3.05) is 32.8 Å². The molecule has 3 nitrogen and oxygen atoms in total. The summed E-state index contributed by atoms with van der Waals surface area (Å²) >= 11 is 0. The third kappa shape index (κ3) is 1.27. The van der Waals surface area contributed by atoms with Gasteiger partial charge in [0.15, 0.2) is 0 Å². The van der Waals surface area contributed by atoms with Gasteiger partial charge < -0.3 is 9.64 Å². The van der Waals surface area contributed by atoms with E-state index in [1.54, 1.807) is 0 Å². The Morgan fingerprint density at radius 3 is 2.50 bits per heavy atom. The highest BCUT2D eigenvalue weighted by Crippen LogP contribution is 2.23. The smallest absolute Gasteiger partial charge is 0.146 e. The molecule has 0 aromatic rings. The Bertz CT molecular complexity index is 177. The van der Waals surface area contributed by atoms with E-state index in [-0.39, 0.29) is 11.8 Å². The molecule has 2 bridgehead atoms. The van der Waals surface area contributed by atoms with E-state index in [9.17, 15) is 4.79 Å². The Morgan fingerprint density at radius 2 is 2.00 bits per heavy atom. The first-order valence-electron chi connectivity index (χ1n) is 4.65. The van der Waals surface area contributed by atoms with Gasteiger partial charge in [0.25, 0.3) is 0 Å². The van der Waals surface area contributed by atoms with E-state index in [1.807, 2.05) is 0 Å². The maximum atomic E-state index is 11.6. The SMILES string of the molecule is CCN1CC2COCC(C1)C2=O. The van der Waals surface area contributed by atoms with E-state index >= 15 is 0 Å². The molecule has 2 aliphatic rings. The van der Waals surface area contributed by atoms with Crippen LogP contribution in [0.15, 0.2) is 0 Å². The molecule has 0 radical (unpaired) electrons. The molecule has 3 heteroatoms. The van der Waals surface area contributed by atoms with Crippen molar-refractivity contribution in [3.63, 3.8) is 0 Å². The molecule has 0 spiro atoms. The summed E-state index contributed by atoms with van der Waals surface area (Å²) in [6.45, 7) is 6.31. The molecule has 0 aromatic carbocycles. The number of carbonyl (C=O) groups excluding carboxylic acids is 1. The molecule has 2 aliphatic heterocycles. The summed E-state index contributed by atoms with van der Waals surface area (Å²) in [6.07, 6.45) is 0. The van der Waals surface area contributed by atoms with Crippen LogP contribution in [0.1, 0.15) is 6.92 Å². The second-order valence-corrected chi connectivity index (χ2v) is 3.69. The largest absolute Gasteiger partial charge is 0.380 e. The van der Waals surface area contributed by atoms with Crippen LogP contribution in [0.25, 0.3) is 0 Å². The van der Waals surface area contributed by atoms with Gasteiger partial charge >= 0.3 is 0 Å². The van der Waals surface area contributed by atoms with E-state index in [0.717, 1.165) is 19.6 Å². The molecule has 0 aliphatic carbocycles. The Hall–Kier alpha value is -0.410. The zero-order valence-corrected chi connectivity index (χ0v) is 7.45. The van der Waals surface area contributed by atoms with E-state index < -0.39 is 0 Å². The zero-order valence-electron chi connectivity index (χ0n) is 7.45. The topological polar surface area (TPSA) is 29.5 Å². The average Bonchev–Trinajstić information content (AvgIpc) is 2.04. The number of likely N-dealkylation sites (tertiary alicyclic amines) is 1. The molecule has 2 fully saturated rings. The van der Waals surface area contributed by atoms with Crippen LogP contribution in [0.5, 0.6) is 0 Å². The normalized spacial score (nSPS) is 36.9. The monoisotopic (exact) mass is 169 g/mol. The van der Waals surface area contributed by atoms with Crippen molar-refractivity contribution in [3.8, 4) is 0 Å². The summed E-state index contributed by atoms with van der Waals surface area (Å²) < 4.78 is 5.35. The summed E-state index contributed by atoms with van der Waals surface area (Å²) in [7, 11) is 0. The number of rotatable bonds is 1. The van der Waals surface area contributed by atoms with Gasteiger partial charge in [0, 0.05) is 13.1 Å². The number of ketones is 1. The molecule has 0 amide bonds. The number of hydrogen-bond acceptors (Lipinski definition) is 3. The maximum Gasteiger partial charge on any atom is 0.146 e. The minimum atomic E-state index is 0.164. The molecule has 68 valence electrons. The first-order valence-corrected chi connectivity index (χ1v) is 4.65. The van der Waals surface area contributed by atoms with Gasteiger partial charge in [0.2, 0.25) is 0 Å². The molecule has 0 aromatic heterocycles. The first-order chi connectivity index (χ1) is 5.81. The summed E-state index contributed by atoms with van der Waals surface area (Å²) in [4.78, 5) is 13.9. The van der Waals surface area contributed by atoms with E-state index in [4.69, 9.17) is 4.74 Å². The Kier molecular flexibility index (Phi) is 2.15. The fourth-order valence-electron chi connectivity index (χ4n) is 2.09. The Balaban J connectivity index is 2.07. The summed E-state index contributed by atoms with van der Waals surface area (Å²) in [5.41, 5.74) is 0. The van der Waals surface area contributed by atoms with Gasteiger partial charge in [-0.1, -0.05) is 6.92 Å². The molecular weight excluding hydrogens is 154 g/mol. The lowest BCUT2D eigenvalue weighted by Gasteiger charge is -2.39. The van der Waals surface area contributed by atoms with Crippen LogP contribution >= 0.6 is 0 Å². The third-order valence-electron chi connectivity index (χ3n) is 2.85. The lowest BCUT2D eigenvalue weighted by Crippen LogP contribution is -2.52. The average molecular weight is 169 g/mol. The van der Waals surface area contributed by atoms with Crippen LogP contribution in [0.3, 0.4) is 0 Å². The predicted octanol–water partition coefficient (Wildman–Crippen LogP) is 0.154. The molecule has 0 saturated carbocycles. The third-order valence-corrected chi connectivity index (χ3v) is 2.85. The van der Waals surface area contributed by atoms with Gasteiger partial charge in [0.1, 0.15) is 5.78 Å². The highest BCUT2D eigenvalue weighted by Gasteiger charge is 2.37. The molecule has 2 rings (SSSR count). The van der Waals surface area contributed by atoms with Gasteiger partial charge in [0.05, 0.1) is 25.0 Å². The second-order valence-electron chi connectivity index (χ2n) is 3.69. The first kappa shape index (κ1) is 8.20. The Labute approximate surface area is 72.7 Å². The number of fused-ring (bicyclic) bond motifs is 2. The standard InChI is InChI=1S/C9H15NO2/c1-2-10-3-7-5-12-6-8(4-10)9(7)11/h7-8H,2-6H2,1H3. The summed E-state index contributed by atoms with van der Waals surface area (Å²) in [5, 5.41) is 0. The molecule has 2 saturated heterocycles. The number of hydrogen-bond donors (Lipinski definition) is 0. The number of Topliss-reactive ketones (excluding diaryl/α,β-unsaturated/α-hetero) is 1. The minimum Gasteiger partial charge on any atom is -0.380 e. The van der Waals surface area contributed by atoms with Crippen LogP contribution in [-0.2, 0) is 9.53 Å². The molecule has 2 unspecified atom stereocenters. The van der Waals surface area contributed by atoms with E-state index in [1.165, 1.54) is 0 Å². The van der Waals surface area contributed by atoms with Crippen LogP contribution in [0, 0.1) is 11.8 Å². The molecule has 12 heavy (non-hydrogen) atoms. The molecule has 2 heterocycles. The van der Waals surface area contributed by atoms with Gasteiger partial charge in [-0.2, -0.15) is 0 Å². The van der Waals surface area contributed by atoms with E-state index in [0.29, 0.717) is 19.0 Å². The van der Waals surface area contributed by atoms with Gasteiger partial charge in [-0.15, -0.1) is 0 Å². The molecular formula is C9H15NO2. The quantitative estimate of drug-likeness (QED) is 0.559. The predicted molar refractivity (Wildman–Crippen MR) is 44.9 cm³/mol. The fraction of sp³-hybridized carbons (Fsp3) is 0.889. The maximum absolute atomic E-state index is 11.6. The molecule has 0 N–H and O–H groups in total. The van der Waals surface area contributed by atoms with Gasteiger partial charge in [-0.3, -0.25) is 4.79 Å².